The van der Waals surface area contributed by atoms with E-state index in [4.69, 9.17) is 5.73 Å². The number of thioether (sulfide) groups is 1. The second-order valence-corrected chi connectivity index (χ2v) is 5.72. The van der Waals surface area contributed by atoms with Crippen LogP contribution in [0, 0.1) is 0 Å². The molecule has 0 saturated heterocycles. The molecule has 2 rings (SSSR count). The minimum absolute atomic E-state index is 0.716. The Morgan fingerprint density at radius 2 is 2.28 bits per heavy atom. The number of benzene rings is 1. The van der Waals surface area contributed by atoms with Crippen molar-refractivity contribution in [2.75, 3.05) is 5.73 Å². The maximum atomic E-state index is 5.93. The number of nitrogens with zero attached hydrogens (tertiary/aromatic N) is 4. The summed E-state index contributed by atoms with van der Waals surface area (Å²) >= 11 is 5.08. The fourth-order valence-corrected chi connectivity index (χ4v) is 2.94. The van der Waals surface area contributed by atoms with Gasteiger partial charge in [0, 0.05) is 21.6 Å². The molecule has 0 atom stereocenters. The number of tetrazole rings is 1. The zero-order valence-electron chi connectivity index (χ0n) is 10.0. The highest BCUT2D eigenvalue weighted by Crippen LogP contribution is 2.30. The average Bonchev–Trinajstić information content (AvgIpc) is 2.78. The number of anilines is 1. The number of hydrogen-bond donors (Lipinski definition) is 1. The molecule has 0 unspecified atom stereocenters. The van der Waals surface area contributed by atoms with Crippen LogP contribution < -0.4 is 5.73 Å². The standard InChI is InChI=1S/C11H14BrN5S/c1-2-5-17-11(14-15-16-17)7-18-10-6-8(12)3-4-9(10)13/h3-4,6H,2,5,7,13H2,1H3. The molecule has 0 fully saturated rings. The van der Waals surface area contributed by atoms with Gasteiger partial charge in [0.05, 0.1) is 5.75 Å². The van der Waals surface area contributed by atoms with Gasteiger partial charge in [-0.3, -0.25) is 0 Å². The third-order valence-electron chi connectivity index (χ3n) is 2.37. The normalized spacial score (nSPS) is 10.8. The molecule has 2 aromatic rings. The molecule has 0 spiro atoms. The van der Waals surface area contributed by atoms with E-state index < -0.39 is 0 Å². The molecular formula is C11H14BrN5S. The number of aryl methyl sites for hydroxylation is 1. The SMILES string of the molecule is CCCn1nnnc1CSc1cc(Br)ccc1N. The minimum atomic E-state index is 0.716. The van der Waals surface area contributed by atoms with Gasteiger partial charge in [-0.05, 0) is 35.0 Å². The highest BCUT2D eigenvalue weighted by molar-refractivity contribution is 9.10. The Morgan fingerprint density at radius 3 is 3.06 bits per heavy atom. The van der Waals surface area contributed by atoms with Crippen molar-refractivity contribution in [3.8, 4) is 0 Å². The third kappa shape index (κ3) is 3.23. The summed E-state index contributed by atoms with van der Waals surface area (Å²) in [4.78, 5) is 1.04. The zero-order valence-corrected chi connectivity index (χ0v) is 12.4. The smallest absolute Gasteiger partial charge is 0.161 e. The van der Waals surface area contributed by atoms with Crippen LogP contribution in [0.1, 0.15) is 19.2 Å². The average molecular weight is 328 g/mol. The van der Waals surface area contributed by atoms with Gasteiger partial charge in [-0.2, -0.15) is 0 Å². The quantitative estimate of drug-likeness (QED) is 0.675. The Morgan fingerprint density at radius 1 is 1.44 bits per heavy atom. The van der Waals surface area contributed by atoms with Crippen molar-refractivity contribution in [1.82, 2.24) is 20.2 Å². The van der Waals surface area contributed by atoms with E-state index in [2.05, 4.69) is 38.4 Å². The molecule has 96 valence electrons. The Balaban J connectivity index is 2.06. The van der Waals surface area contributed by atoms with Gasteiger partial charge in [-0.15, -0.1) is 16.9 Å². The lowest BCUT2D eigenvalue weighted by Gasteiger charge is -2.06. The molecular weight excluding hydrogens is 314 g/mol. The summed E-state index contributed by atoms with van der Waals surface area (Å²) < 4.78 is 2.86. The fourth-order valence-electron chi connectivity index (χ4n) is 1.49. The van der Waals surface area contributed by atoms with Crippen LogP contribution in [-0.2, 0) is 12.3 Å². The number of rotatable bonds is 5. The third-order valence-corrected chi connectivity index (χ3v) is 3.93. The lowest BCUT2D eigenvalue weighted by molar-refractivity contribution is 0.564. The van der Waals surface area contributed by atoms with Crippen LogP contribution in [0.4, 0.5) is 5.69 Å². The van der Waals surface area contributed by atoms with E-state index in [1.165, 1.54) is 0 Å². The molecule has 0 saturated carbocycles. The summed E-state index contributed by atoms with van der Waals surface area (Å²) in [5.74, 6) is 1.59. The van der Waals surface area contributed by atoms with E-state index in [1.807, 2.05) is 22.9 Å². The first-order chi connectivity index (χ1) is 8.70. The van der Waals surface area contributed by atoms with Gasteiger partial charge in [-0.1, -0.05) is 22.9 Å². The minimum Gasteiger partial charge on any atom is -0.398 e. The van der Waals surface area contributed by atoms with E-state index in [0.29, 0.717) is 5.75 Å². The molecule has 0 aliphatic heterocycles. The van der Waals surface area contributed by atoms with Crippen LogP contribution in [0.5, 0.6) is 0 Å². The van der Waals surface area contributed by atoms with Gasteiger partial charge in [0.25, 0.3) is 0 Å². The second kappa shape index (κ2) is 6.19. The Bertz CT molecular complexity index is 528. The van der Waals surface area contributed by atoms with E-state index in [9.17, 15) is 0 Å². The molecule has 0 aliphatic rings. The fraction of sp³-hybridized carbons (Fsp3) is 0.364. The van der Waals surface area contributed by atoms with Gasteiger partial charge in [0.1, 0.15) is 0 Å². The number of nitrogens with two attached hydrogens (primary N) is 1. The molecule has 7 heteroatoms. The van der Waals surface area contributed by atoms with Gasteiger partial charge in [0.15, 0.2) is 5.82 Å². The summed E-state index contributed by atoms with van der Waals surface area (Å²) in [5, 5.41) is 11.7. The first-order valence-corrected chi connectivity index (χ1v) is 7.41. The largest absolute Gasteiger partial charge is 0.398 e. The Labute approximate surface area is 118 Å². The first-order valence-electron chi connectivity index (χ1n) is 5.63. The van der Waals surface area contributed by atoms with Crippen LogP contribution in [-0.4, -0.2) is 20.2 Å². The summed E-state index contributed by atoms with van der Waals surface area (Å²) in [6.07, 6.45) is 1.02. The predicted octanol–water partition coefficient (Wildman–Crippen LogP) is 2.72. The van der Waals surface area contributed by atoms with Crippen molar-refractivity contribution in [3.63, 3.8) is 0 Å². The van der Waals surface area contributed by atoms with E-state index >= 15 is 0 Å². The maximum Gasteiger partial charge on any atom is 0.161 e. The molecule has 0 amide bonds. The number of hydrogen-bond acceptors (Lipinski definition) is 5. The van der Waals surface area contributed by atoms with Gasteiger partial charge in [0.2, 0.25) is 0 Å². The Hall–Kier alpha value is -1.08. The van der Waals surface area contributed by atoms with Crippen LogP contribution in [0.25, 0.3) is 0 Å². The van der Waals surface area contributed by atoms with Crippen LogP contribution >= 0.6 is 27.7 Å². The molecule has 18 heavy (non-hydrogen) atoms. The number of halogens is 1. The monoisotopic (exact) mass is 327 g/mol. The summed E-state index contributed by atoms with van der Waals surface area (Å²) in [5.41, 5.74) is 6.70. The molecule has 0 bridgehead atoms. The molecule has 0 radical (unpaired) electrons. The summed E-state index contributed by atoms with van der Waals surface area (Å²) in [6.45, 7) is 2.95. The van der Waals surface area contributed by atoms with Crippen molar-refractivity contribution in [2.24, 2.45) is 0 Å². The molecule has 1 aromatic carbocycles. The van der Waals surface area contributed by atoms with Gasteiger partial charge < -0.3 is 5.73 Å². The van der Waals surface area contributed by atoms with Gasteiger partial charge >= 0.3 is 0 Å². The van der Waals surface area contributed by atoms with E-state index in [0.717, 1.165) is 33.8 Å². The molecule has 0 aliphatic carbocycles. The highest BCUT2D eigenvalue weighted by atomic mass is 79.9. The van der Waals surface area contributed by atoms with Crippen LogP contribution in [0.15, 0.2) is 27.6 Å². The Kier molecular flexibility index (Phi) is 4.60. The molecule has 1 heterocycles. The van der Waals surface area contributed by atoms with Crippen LogP contribution in [0.3, 0.4) is 0 Å². The van der Waals surface area contributed by atoms with E-state index in [-0.39, 0.29) is 0 Å². The van der Waals surface area contributed by atoms with Crippen molar-refractivity contribution >= 4 is 33.4 Å². The van der Waals surface area contributed by atoms with Crippen molar-refractivity contribution in [2.45, 2.75) is 30.5 Å². The predicted molar refractivity (Wildman–Crippen MR) is 76.2 cm³/mol. The second-order valence-electron chi connectivity index (χ2n) is 3.79. The highest BCUT2D eigenvalue weighted by Gasteiger charge is 2.07. The lowest BCUT2D eigenvalue weighted by Crippen LogP contribution is -2.04. The summed E-state index contributed by atoms with van der Waals surface area (Å²) in [7, 11) is 0. The van der Waals surface area contributed by atoms with Crippen molar-refractivity contribution < 1.29 is 0 Å². The maximum absolute atomic E-state index is 5.93. The van der Waals surface area contributed by atoms with Crippen LogP contribution in [0.2, 0.25) is 0 Å². The number of aromatic nitrogens is 4. The number of nitrogen functional groups attached to an aromatic ring is 1. The van der Waals surface area contributed by atoms with E-state index in [1.54, 1.807) is 11.8 Å². The lowest BCUT2D eigenvalue weighted by atomic mass is 10.3. The molecule has 1 aromatic heterocycles. The first kappa shape index (κ1) is 13.4. The molecule has 2 N–H and O–H groups in total. The van der Waals surface area contributed by atoms with Crippen molar-refractivity contribution in [3.05, 3.63) is 28.5 Å². The zero-order chi connectivity index (χ0) is 13.0. The topological polar surface area (TPSA) is 69.6 Å². The summed E-state index contributed by atoms with van der Waals surface area (Å²) in [6, 6.07) is 5.83. The molecule has 5 nitrogen and oxygen atoms in total. The van der Waals surface area contributed by atoms with Gasteiger partial charge in [-0.25, -0.2) is 4.68 Å². The van der Waals surface area contributed by atoms with Crippen molar-refractivity contribution in [1.29, 1.82) is 0 Å².